The fraction of sp³-hybridized carbons (Fsp3) is 0.250. The SMILES string of the molecule is COC(=O)c1ccc(C(=O)OC)c(NC(=O)CN(c2ccc(C)cc2)S(C)(=O)=O)c1. The molecule has 160 valence electrons. The second kappa shape index (κ2) is 9.40. The van der Waals surface area contributed by atoms with E-state index in [0.29, 0.717) is 5.69 Å². The van der Waals surface area contributed by atoms with Gasteiger partial charge in [-0.2, -0.15) is 0 Å². The van der Waals surface area contributed by atoms with Gasteiger partial charge in [0.15, 0.2) is 0 Å². The highest BCUT2D eigenvalue weighted by atomic mass is 32.2. The summed E-state index contributed by atoms with van der Waals surface area (Å²) in [7, 11) is -1.40. The van der Waals surface area contributed by atoms with E-state index in [9.17, 15) is 22.8 Å². The van der Waals surface area contributed by atoms with E-state index in [2.05, 4.69) is 14.8 Å². The van der Waals surface area contributed by atoms with Crippen molar-refractivity contribution in [2.75, 3.05) is 36.6 Å². The first-order valence-electron chi connectivity index (χ1n) is 8.71. The Bertz CT molecular complexity index is 1060. The van der Waals surface area contributed by atoms with Crippen LogP contribution in [0.15, 0.2) is 42.5 Å². The number of hydrogen-bond donors (Lipinski definition) is 1. The summed E-state index contributed by atoms with van der Waals surface area (Å²) < 4.78 is 34.7. The molecule has 2 rings (SSSR count). The minimum absolute atomic E-state index is 0.000237. The van der Waals surface area contributed by atoms with Crippen LogP contribution in [-0.4, -0.2) is 53.3 Å². The molecule has 0 bridgehead atoms. The van der Waals surface area contributed by atoms with Crippen LogP contribution < -0.4 is 9.62 Å². The van der Waals surface area contributed by atoms with Gasteiger partial charge in [0.25, 0.3) is 0 Å². The summed E-state index contributed by atoms with van der Waals surface area (Å²) in [5, 5.41) is 2.48. The van der Waals surface area contributed by atoms with Gasteiger partial charge in [0.2, 0.25) is 15.9 Å². The van der Waals surface area contributed by atoms with Gasteiger partial charge in [0, 0.05) is 0 Å². The maximum atomic E-state index is 12.6. The van der Waals surface area contributed by atoms with E-state index in [1.54, 1.807) is 24.3 Å². The molecule has 1 N–H and O–H groups in total. The molecule has 0 aliphatic carbocycles. The molecule has 10 heteroatoms. The summed E-state index contributed by atoms with van der Waals surface area (Å²) in [6.45, 7) is 1.31. The van der Waals surface area contributed by atoms with Crippen LogP contribution in [-0.2, 0) is 24.3 Å². The molecule has 0 saturated heterocycles. The molecule has 9 nitrogen and oxygen atoms in total. The standard InChI is InChI=1S/C20H22N2O7S/c1-13-5-8-15(9-6-13)22(30(4,26)27)12-18(23)21-17-11-14(19(24)28-2)7-10-16(17)20(25)29-3/h5-11H,12H2,1-4H3,(H,21,23). The van der Waals surface area contributed by atoms with Crippen molar-refractivity contribution in [2.24, 2.45) is 0 Å². The van der Waals surface area contributed by atoms with Gasteiger partial charge in [-0.15, -0.1) is 0 Å². The normalized spacial score (nSPS) is 10.8. The number of aryl methyl sites for hydroxylation is 1. The smallest absolute Gasteiger partial charge is 0.339 e. The molecule has 0 spiro atoms. The van der Waals surface area contributed by atoms with Crippen LogP contribution in [0.1, 0.15) is 26.3 Å². The Kier molecular flexibility index (Phi) is 7.17. The molecular formula is C20H22N2O7S. The lowest BCUT2D eigenvalue weighted by molar-refractivity contribution is -0.114. The highest BCUT2D eigenvalue weighted by Crippen LogP contribution is 2.21. The van der Waals surface area contributed by atoms with E-state index in [1.165, 1.54) is 32.4 Å². The lowest BCUT2D eigenvalue weighted by Gasteiger charge is -2.22. The number of sulfonamides is 1. The summed E-state index contributed by atoms with van der Waals surface area (Å²) in [4.78, 5) is 36.4. The zero-order valence-electron chi connectivity index (χ0n) is 17.0. The first-order chi connectivity index (χ1) is 14.1. The zero-order chi connectivity index (χ0) is 22.5. The number of rotatable bonds is 7. The summed E-state index contributed by atoms with van der Waals surface area (Å²) >= 11 is 0. The third-order valence-corrected chi connectivity index (χ3v) is 5.27. The Balaban J connectivity index is 2.35. The van der Waals surface area contributed by atoms with Crippen molar-refractivity contribution in [3.05, 3.63) is 59.2 Å². The molecule has 0 atom stereocenters. The number of nitrogens with zero attached hydrogens (tertiary/aromatic N) is 1. The molecule has 2 aromatic rings. The average Bonchev–Trinajstić information content (AvgIpc) is 2.70. The molecule has 2 aromatic carbocycles. The number of methoxy groups -OCH3 is 2. The number of nitrogens with one attached hydrogen (secondary N) is 1. The minimum Gasteiger partial charge on any atom is -0.465 e. The second-order valence-electron chi connectivity index (χ2n) is 6.40. The highest BCUT2D eigenvalue weighted by molar-refractivity contribution is 7.92. The van der Waals surface area contributed by atoms with Crippen LogP contribution in [0, 0.1) is 6.92 Å². The Morgan fingerprint density at radius 1 is 0.967 bits per heavy atom. The van der Waals surface area contributed by atoms with Crippen LogP contribution >= 0.6 is 0 Å². The molecule has 0 heterocycles. The fourth-order valence-electron chi connectivity index (χ4n) is 2.61. The number of ether oxygens (including phenoxy) is 2. The summed E-state index contributed by atoms with van der Waals surface area (Å²) in [6, 6.07) is 10.5. The van der Waals surface area contributed by atoms with Gasteiger partial charge in [0.05, 0.1) is 43.0 Å². The van der Waals surface area contributed by atoms with Gasteiger partial charge in [-0.25, -0.2) is 18.0 Å². The third-order valence-electron chi connectivity index (χ3n) is 4.13. The van der Waals surface area contributed by atoms with E-state index in [4.69, 9.17) is 0 Å². The van der Waals surface area contributed by atoms with Crippen molar-refractivity contribution in [1.29, 1.82) is 0 Å². The van der Waals surface area contributed by atoms with Crippen molar-refractivity contribution in [3.8, 4) is 0 Å². The number of carbonyl (C=O) groups excluding carboxylic acids is 3. The van der Waals surface area contributed by atoms with Crippen LogP contribution in [0.25, 0.3) is 0 Å². The van der Waals surface area contributed by atoms with E-state index in [1.807, 2.05) is 6.92 Å². The molecular weight excluding hydrogens is 412 g/mol. The molecule has 0 aromatic heterocycles. The number of benzene rings is 2. The lowest BCUT2D eigenvalue weighted by atomic mass is 10.1. The van der Waals surface area contributed by atoms with Crippen molar-refractivity contribution in [3.63, 3.8) is 0 Å². The molecule has 0 fully saturated rings. The Morgan fingerprint density at radius 2 is 1.57 bits per heavy atom. The van der Waals surface area contributed by atoms with Crippen LogP contribution in [0.3, 0.4) is 0 Å². The molecule has 0 saturated carbocycles. The molecule has 0 unspecified atom stereocenters. The van der Waals surface area contributed by atoms with Gasteiger partial charge in [-0.1, -0.05) is 17.7 Å². The molecule has 30 heavy (non-hydrogen) atoms. The van der Waals surface area contributed by atoms with Crippen molar-refractivity contribution < 1.29 is 32.3 Å². The van der Waals surface area contributed by atoms with E-state index in [-0.39, 0.29) is 16.8 Å². The van der Waals surface area contributed by atoms with Gasteiger partial charge in [-0.05, 0) is 37.3 Å². The molecule has 0 aliphatic rings. The largest absolute Gasteiger partial charge is 0.465 e. The maximum absolute atomic E-state index is 12.6. The Hall–Kier alpha value is -3.40. The predicted molar refractivity (Wildman–Crippen MR) is 111 cm³/mol. The number of carbonyl (C=O) groups is 3. The molecule has 0 aliphatic heterocycles. The summed E-state index contributed by atoms with van der Waals surface area (Å²) in [5.74, 6) is -2.12. The monoisotopic (exact) mass is 434 g/mol. The minimum atomic E-state index is -3.77. The number of amides is 1. The van der Waals surface area contributed by atoms with Gasteiger partial charge in [-0.3, -0.25) is 9.10 Å². The molecule has 1 amide bonds. The third kappa shape index (κ3) is 5.57. The van der Waals surface area contributed by atoms with E-state index >= 15 is 0 Å². The van der Waals surface area contributed by atoms with Crippen molar-refractivity contribution in [1.82, 2.24) is 0 Å². The highest BCUT2D eigenvalue weighted by Gasteiger charge is 2.23. The molecule has 0 radical (unpaired) electrons. The van der Waals surface area contributed by atoms with Crippen LogP contribution in [0.5, 0.6) is 0 Å². The van der Waals surface area contributed by atoms with E-state index < -0.39 is 34.4 Å². The summed E-state index contributed by atoms with van der Waals surface area (Å²) in [6.07, 6.45) is 0.984. The van der Waals surface area contributed by atoms with Gasteiger partial charge >= 0.3 is 11.9 Å². The topological polar surface area (TPSA) is 119 Å². The van der Waals surface area contributed by atoms with Gasteiger partial charge in [0.1, 0.15) is 6.54 Å². The van der Waals surface area contributed by atoms with Crippen molar-refractivity contribution >= 4 is 39.2 Å². The van der Waals surface area contributed by atoms with Crippen molar-refractivity contribution in [2.45, 2.75) is 6.92 Å². The average molecular weight is 434 g/mol. The zero-order valence-corrected chi connectivity index (χ0v) is 17.8. The number of esters is 2. The second-order valence-corrected chi connectivity index (χ2v) is 8.30. The van der Waals surface area contributed by atoms with Crippen LogP contribution in [0.2, 0.25) is 0 Å². The lowest BCUT2D eigenvalue weighted by Crippen LogP contribution is -2.37. The fourth-order valence-corrected chi connectivity index (χ4v) is 3.47. The number of anilines is 2. The Labute approximate surface area is 174 Å². The van der Waals surface area contributed by atoms with E-state index in [0.717, 1.165) is 16.1 Å². The maximum Gasteiger partial charge on any atom is 0.339 e. The van der Waals surface area contributed by atoms with Gasteiger partial charge < -0.3 is 14.8 Å². The first kappa shape index (κ1) is 22.9. The quantitative estimate of drug-likeness (QED) is 0.662. The first-order valence-corrected chi connectivity index (χ1v) is 10.6. The van der Waals surface area contributed by atoms with Crippen LogP contribution in [0.4, 0.5) is 11.4 Å². The summed E-state index contributed by atoms with van der Waals surface area (Å²) in [5.41, 5.74) is 1.33. The Morgan fingerprint density at radius 3 is 2.10 bits per heavy atom. The predicted octanol–water partition coefficient (Wildman–Crippen LogP) is 1.97. The number of hydrogen-bond acceptors (Lipinski definition) is 7.